The van der Waals surface area contributed by atoms with Crippen LogP contribution in [0.1, 0.15) is 56.6 Å². The van der Waals surface area contributed by atoms with Crippen molar-refractivity contribution >= 4 is 17.2 Å². The van der Waals surface area contributed by atoms with Crippen LogP contribution in [-0.4, -0.2) is 54.4 Å². The van der Waals surface area contributed by atoms with Crippen LogP contribution in [0.5, 0.6) is 5.75 Å². The highest BCUT2D eigenvalue weighted by Crippen LogP contribution is 2.50. The average molecular weight is 447 g/mol. The maximum atomic E-state index is 11.7. The summed E-state index contributed by atoms with van der Waals surface area (Å²) in [5, 5.41) is 4.88. The monoisotopic (exact) mass is 446 g/mol. The Hall–Kier alpha value is -2.83. The van der Waals surface area contributed by atoms with Gasteiger partial charge in [0.15, 0.2) is 5.78 Å². The summed E-state index contributed by atoms with van der Waals surface area (Å²) in [6, 6.07) is 15.2. The normalized spacial score (nSPS) is 21.7. The third-order valence-electron chi connectivity index (χ3n) is 7.30. The predicted molar refractivity (Wildman–Crippen MR) is 133 cm³/mol. The van der Waals surface area contributed by atoms with Crippen molar-refractivity contribution in [2.24, 2.45) is 0 Å². The van der Waals surface area contributed by atoms with E-state index in [1.165, 1.54) is 16.8 Å². The van der Waals surface area contributed by atoms with E-state index in [0.717, 1.165) is 36.9 Å². The summed E-state index contributed by atoms with van der Waals surface area (Å²) in [4.78, 5) is 16.3. The van der Waals surface area contributed by atoms with Crippen LogP contribution in [0.25, 0.3) is 0 Å². The molecule has 2 aromatic rings. The Balaban J connectivity index is 1.48. The van der Waals surface area contributed by atoms with E-state index in [9.17, 15) is 4.79 Å². The van der Waals surface area contributed by atoms with E-state index in [4.69, 9.17) is 4.74 Å². The Morgan fingerprint density at radius 3 is 2.52 bits per heavy atom. The van der Waals surface area contributed by atoms with Crippen molar-refractivity contribution in [3.05, 3.63) is 65.2 Å². The van der Waals surface area contributed by atoms with Gasteiger partial charge in [-0.3, -0.25) is 4.79 Å². The van der Waals surface area contributed by atoms with Crippen LogP contribution in [-0.2, 0) is 0 Å². The van der Waals surface area contributed by atoms with Crippen LogP contribution < -0.4 is 14.5 Å². The molecule has 1 unspecified atom stereocenters. The van der Waals surface area contributed by atoms with Crippen LogP contribution in [0.4, 0.5) is 11.4 Å². The summed E-state index contributed by atoms with van der Waals surface area (Å²) in [6.07, 6.45) is 2.35. The number of anilines is 2. The van der Waals surface area contributed by atoms with E-state index in [1.54, 1.807) is 6.92 Å². The lowest BCUT2D eigenvalue weighted by Gasteiger charge is -2.48. The minimum Gasteiger partial charge on any atom is -0.483 e. The maximum absolute atomic E-state index is 11.7. The van der Waals surface area contributed by atoms with E-state index in [-0.39, 0.29) is 17.4 Å². The van der Waals surface area contributed by atoms with Crippen molar-refractivity contribution in [1.29, 1.82) is 0 Å². The van der Waals surface area contributed by atoms with Crippen molar-refractivity contribution in [3.63, 3.8) is 0 Å². The van der Waals surface area contributed by atoms with Crippen molar-refractivity contribution < 1.29 is 9.53 Å². The molecular weight excluding hydrogens is 412 g/mol. The van der Waals surface area contributed by atoms with E-state index < -0.39 is 0 Å². The molecule has 174 valence electrons. The third kappa shape index (κ3) is 3.71. The molecule has 3 heterocycles. The SMILES string of the molecule is CC(=O)c1ccc(N2CN3CC=C4C(c5ccc(N(C)C(C)C)cc5OC4(C)C)N3C2)cc1. The number of hydrogen-bond acceptors (Lipinski definition) is 6. The van der Waals surface area contributed by atoms with Crippen LogP contribution in [0, 0.1) is 0 Å². The highest BCUT2D eigenvalue weighted by Gasteiger charge is 2.47. The summed E-state index contributed by atoms with van der Waals surface area (Å²) >= 11 is 0. The van der Waals surface area contributed by atoms with E-state index in [2.05, 4.69) is 91.0 Å². The van der Waals surface area contributed by atoms with Gasteiger partial charge in [0.05, 0.1) is 19.4 Å². The number of fused-ring (bicyclic) bond motifs is 5. The van der Waals surface area contributed by atoms with E-state index >= 15 is 0 Å². The molecule has 0 N–H and O–H groups in total. The maximum Gasteiger partial charge on any atom is 0.159 e. The highest BCUT2D eigenvalue weighted by molar-refractivity contribution is 5.94. The Morgan fingerprint density at radius 2 is 1.85 bits per heavy atom. The zero-order chi connectivity index (χ0) is 23.5. The predicted octanol–water partition coefficient (Wildman–Crippen LogP) is 4.84. The lowest BCUT2D eigenvalue weighted by Crippen LogP contribution is -2.51. The van der Waals surface area contributed by atoms with Gasteiger partial charge in [-0.1, -0.05) is 12.1 Å². The highest BCUT2D eigenvalue weighted by atomic mass is 16.5. The second-order valence-electron chi connectivity index (χ2n) is 10.2. The standard InChI is InChI=1S/C27H34N4O2/c1-18(2)28(6)22-11-12-23-25(15-22)33-27(4,5)24-13-14-30-16-29(17-31(30)26(23)24)21-9-7-20(8-10-21)19(3)32/h7-13,15,18,26H,14,16-17H2,1-6H3. The van der Waals surface area contributed by atoms with Gasteiger partial charge in [0.2, 0.25) is 0 Å². The molecule has 0 aromatic heterocycles. The number of rotatable bonds is 4. The smallest absolute Gasteiger partial charge is 0.159 e. The molecule has 0 saturated carbocycles. The first kappa shape index (κ1) is 22.0. The lowest BCUT2D eigenvalue weighted by atomic mass is 9.82. The van der Waals surface area contributed by atoms with Gasteiger partial charge >= 0.3 is 0 Å². The number of carbonyl (C=O) groups is 1. The molecular formula is C27H34N4O2. The number of hydrazine groups is 1. The molecule has 1 saturated heterocycles. The van der Waals surface area contributed by atoms with Gasteiger partial charge in [-0.05, 0) is 70.5 Å². The topological polar surface area (TPSA) is 39.3 Å². The fraction of sp³-hybridized carbons (Fsp3) is 0.444. The van der Waals surface area contributed by atoms with Gasteiger partial charge in [0.1, 0.15) is 11.4 Å². The molecule has 0 spiro atoms. The Morgan fingerprint density at radius 1 is 1.12 bits per heavy atom. The summed E-state index contributed by atoms with van der Waals surface area (Å²) in [5.74, 6) is 1.07. The molecule has 1 atom stereocenters. The summed E-state index contributed by atoms with van der Waals surface area (Å²) in [6.45, 7) is 12.9. The van der Waals surface area contributed by atoms with Crippen LogP contribution >= 0.6 is 0 Å². The van der Waals surface area contributed by atoms with E-state index in [0.29, 0.717) is 6.04 Å². The van der Waals surface area contributed by atoms with Crippen molar-refractivity contribution in [2.45, 2.75) is 52.3 Å². The number of benzene rings is 2. The number of nitrogens with zero attached hydrogens (tertiary/aromatic N) is 4. The summed E-state index contributed by atoms with van der Waals surface area (Å²) in [5.41, 5.74) is 5.24. The number of ether oxygens (including phenoxy) is 1. The summed E-state index contributed by atoms with van der Waals surface area (Å²) in [7, 11) is 2.13. The molecule has 2 aromatic carbocycles. The molecule has 6 nitrogen and oxygen atoms in total. The molecule has 5 rings (SSSR count). The number of carbonyl (C=O) groups excluding carboxylic acids is 1. The lowest BCUT2D eigenvalue weighted by molar-refractivity contribution is -0.0296. The number of Topliss-reactive ketones (excluding diaryl/α,β-unsaturated/α-hetero) is 1. The quantitative estimate of drug-likeness (QED) is 0.494. The first-order valence-corrected chi connectivity index (χ1v) is 11.8. The Labute approximate surface area is 197 Å². The first-order chi connectivity index (χ1) is 15.7. The van der Waals surface area contributed by atoms with Crippen molar-refractivity contribution in [1.82, 2.24) is 10.0 Å². The van der Waals surface area contributed by atoms with Gasteiger partial charge < -0.3 is 14.5 Å². The van der Waals surface area contributed by atoms with Gasteiger partial charge in [-0.15, -0.1) is 0 Å². The van der Waals surface area contributed by atoms with Gasteiger partial charge in [0.25, 0.3) is 0 Å². The number of hydrogen-bond donors (Lipinski definition) is 0. The largest absolute Gasteiger partial charge is 0.483 e. The zero-order valence-corrected chi connectivity index (χ0v) is 20.5. The Bertz CT molecular complexity index is 1110. The fourth-order valence-electron chi connectivity index (χ4n) is 5.13. The average Bonchev–Trinajstić information content (AvgIpc) is 3.22. The minimum absolute atomic E-state index is 0.0986. The molecule has 0 aliphatic carbocycles. The molecule has 6 heteroatoms. The Kier molecular flexibility index (Phi) is 5.26. The molecule has 33 heavy (non-hydrogen) atoms. The van der Waals surface area contributed by atoms with Gasteiger partial charge in [0, 0.05) is 48.2 Å². The second-order valence-corrected chi connectivity index (χ2v) is 10.2. The molecule has 0 radical (unpaired) electrons. The minimum atomic E-state index is -0.366. The van der Waals surface area contributed by atoms with E-state index in [1.807, 2.05) is 12.1 Å². The third-order valence-corrected chi connectivity index (χ3v) is 7.30. The molecule has 0 bridgehead atoms. The van der Waals surface area contributed by atoms with Gasteiger partial charge in [-0.2, -0.15) is 0 Å². The molecule has 3 aliphatic heterocycles. The van der Waals surface area contributed by atoms with Crippen molar-refractivity contribution in [3.8, 4) is 5.75 Å². The zero-order valence-electron chi connectivity index (χ0n) is 20.5. The van der Waals surface area contributed by atoms with Crippen LogP contribution in [0.2, 0.25) is 0 Å². The molecule has 3 aliphatic rings. The fourth-order valence-corrected chi connectivity index (χ4v) is 5.13. The number of ketones is 1. The van der Waals surface area contributed by atoms with Crippen molar-refractivity contribution in [2.75, 3.05) is 36.7 Å². The second kappa shape index (κ2) is 7.89. The first-order valence-electron chi connectivity index (χ1n) is 11.8. The molecule has 1 fully saturated rings. The summed E-state index contributed by atoms with van der Waals surface area (Å²) < 4.78 is 6.57. The van der Waals surface area contributed by atoms with Crippen LogP contribution in [0.15, 0.2) is 54.1 Å². The molecule has 0 amide bonds. The van der Waals surface area contributed by atoms with Gasteiger partial charge in [-0.25, -0.2) is 10.0 Å². The van der Waals surface area contributed by atoms with Crippen LogP contribution in [0.3, 0.4) is 0 Å².